The van der Waals surface area contributed by atoms with E-state index in [0.29, 0.717) is 12.0 Å². The first kappa shape index (κ1) is 14.9. The third kappa shape index (κ3) is 2.48. The van der Waals surface area contributed by atoms with Crippen molar-refractivity contribution in [1.29, 1.82) is 0 Å². The Labute approximate surface area is 141 Å². The molecule has 0 amide bonds. The summed E-state index contributed by atoms with van der Waals surface area (Å²) in [4.78, 5) is 0. The van der Waals surface area contributed by atoms with E-state index in [1.807, 2.05) is 16.8 Å². The number of nitrogens with one attached hydrogen (secondary N) is 1. The van der Waals surface area contributed by atoms with Crippen molar-refractivity contribution < 1.29 is 4.39 Å². The largest absolute Gasteiger partial charge is 0.369 e. The Morgan fingerprint density at radius 2 is 1.96 bits per heavy atom. The van der Waals surface area contributed by atoms with Crippen LogP contribution in [0.2, 0.25) is 0 Å². The molecule has 0 fully saturated rings. The topological polar surface area (TPSA) is 29.9 Å². The highest BCUT2D eigenvalue weighted by molar-refractivity contribution is 5.58. The lowest BCUT2D eigenvalue weighted by molar-refractivity contribution is 0.612. The van der Waals surface area contributed by atoms with Crippen molar-refractivity contribution >= 4 is 5.82 Å². The van der Waals surface area contributed by atoms with E-state index in [-0.39, 0.29) is 5.82 Å². The van der Waals surface area contributed by atoms with Crippen molar-refractivity contribution in [2.45, 2.75) is 26.7 Å². The zero-order valence-electron chi connectivity index (χ0n) is 13.9. The minimum Gasteiger partial charge on any atom is -0.369 e. The van der Waals surface area contributed by atoms with E-state index in [0.717, 1.165) is 30.2 Å². The maximum absolute atomic E-state index is 14.0. The third-order valence-corrected chi connectivity index (χ3v) is 4.78. The van der Waals surface area contributed by atoms with Crippen LogP contribution in [0, 0.1) is 19.7 Å². The van der Waals surface area contributed by atoms with Gasteiger partial charge in [0.15, 0.2) is 0 Å². The molecule has 4 rings (SSSR count). The van der Waals surface area contributed by atoms with Crippen LogP contribution in [-0.2, 0) is 12.8 Å². The average molecular weight is 321 g/mol. The number of halogens is 1. The van der Waals surface area contributed by atoms with Crippen molar-refractivity contribution in [3.05, 3.63) is 76.2 Å². The fourth-order valence-electron chi connectivity index (χ4n) is 3.25. The molecule has 24 heavy (non-hydrogen) atoms. The number of benzene rings is 2. The zero-order valence-corrected chi connectivity index (χ0v) is 13.9. The Kier molecular flexibility index (Phi) is 3.60. The van der Waals surface area contributed by atoms with Crippen LogP contribution < -0.4 is 5.32 Å². The zero-order chi connectivity index (χ0) is 16.7. The van der Waals surface area contributed by atoms with Gasteiger partial charge in [-0.25, -0.2) is 9.07 Å². The van der Waals surface area contributed by atoms with Crippen molar-refractivity contribution in [1.82, 2.24) is 9.78 Å². The normalized spacial score (nSPS) is 13.0. The third-order valence-electron chi connectivity index (χ3n) is 4.78. The number of anilines is 1. The summed E-state index contributed by atoms with van der Waals surface area (Å²) in [5, 5.41) is 8.23. The van der Waals surface area contributed by atoms with Crippen molar-refractivity contribution in [3.63, 3.8) is 0 Å². The Balaban J connectivity index is 1.77. The second-order valence-electron chi connectivity index (χ2n) is 6.40. The van der Waals surface area contributed by atoms with E-state index in [1.54, 1.807) is 6.07 Å². The molecule has 0 unspecified atom stereocenters. The van der Waals surface area contributed by atoms with Crippen LogP contribution in [0.1, 0.15) is 27.9 Å². The van der Waals surface area contributed by atoms with Crippen molar-refractivity contribution in [2.24, 2.45) is 0 Å². The van der Waals surface area contributed by atoms with E-state index < -0.39 is 0 Å². The van der Waals surface area contributed by atoms with E-state index >= 15 is 0 Å². The van der Waals surface area contributed by atoms with Crippen molar-refractivity contribution in [2.75, 3.05) is 11.9 Å². The highest BCUT2D eigenvalue weighted by Gasteiger charge is 2.23. The Hall–Kier alpha value is -2.62. The molecule has 0 bridgehead atoms. The number of nitrogens with zero attached hydrogens (tertiary/aromatic N) is 2. The van der Waals surface area contributed by atoms with Crippen LogP contribution in [0.5, 0.6) is 0 Å². The van der Waals surface area contributed by atoms with Gasteiger partial charge < -0.3 is 5.32 Å². The number of aromatic nitrogens is 2. The number of rotatable bonds is 3. The summed E-state index contributed by atoms with van der Waals surface area (Å²) in [6.07, 6.45) is 1.46. The molecule has 3 nitrogen and oxygen atoms in total. The Bertz CT molecular complexity index is 911. The molecule has 0 saturated carbocycles. The number of hydrogen-bond donors (Lipinski definition) is 1. The van der Waals surface area contributed by atoms with Gasteiger partial charge in [0.1, 0.15) is 11.6 Å². The molecule has 0 radical (unpaired) electrons. The molecule has 1 aliphatic heterocycles. The summed E-state index contributed by atoms with van der Waals surface area (Å²) < 4.78 is 16.0. The summed E-state index contributed by atoms with van der Waals surface area (Å²) >= 11 is 0. The van der Waals surface area contributed by atoms with Crippen LogP contribution >= 0.6 is 0 Å². The van der Waals surface area contributed by atoms with Gasteiger partial charge in [0.2, 0.25) is 0 Å². The van der Waals surface area contributed by atoms with E-state index in [1.165, 1.54) is 22.8 Å². The first-order chi connectivity index (χ1) is 11.6. The smallest absolute Gasteiger partial charge is 0.133 e. The van der Waals surface area contributed by atoms with Gasteiger partial charge >= 0.3 is 0 Å². The van der Waals surface area contributed by atoms with Gasteiger partial charge in [0.25, 0.3) is 0 Å². The quantitative estimate of drug-likeness (QED) is 0.784. The summed E-state index contributed by atoms with van der Waals surface area (Å²) in [5.41, 5.74) is 6.41. The molecule has 0 spiro atoms. The van der Waals surface area contributed by atoms with Gasteiger partial charge in [-0.1, -0.05) is 24.3 Å². The van der Waals surface area contributed by atoms with Gasteiger partial charge in [0, 0.05) is 18.5 Å². The molecule has 1 aliphatic rings. The van der Waals surface area contributed by atoms with E-state index in [4.69, 9.17) is 5.10 Å². The van der Waals surface area contributed by atoms with Gasteiger partial charge in [-0.15, -0.1) is 0 Å². The first-order valence-electron chi connectivity index (χ1n) is 8.29. The molecular weight excluding hydrogens is 301 g/mol. The van der Waals surface area contributed by atoms with Crippen LogP contribution in [0.25, 0.3) is 5.69 Å². The molecule has 0 saturated heterocycles. The van der Waals surface area contributed by atoms with Crippen LogP contribution in [-0.4, -0.2) is 16.3 Å². The van der Waals surface area contributed by atoms with Gasteiger partial charge in [-0.3, -0.25) is 0 Å². The predicted molar refractivity (Wildman–Crippen MR) is 94.4 cm³/mol. The number of fused-ring (bicyclic) bond motifs is 1. The fraction of sp³-hybridized carbons (Fsp3) is 0.250. The average Bonchev–Trinajstić information content (AvgIpc) is 3.16. The molecular formula is C20H20FN3. The molecule has 4 heteroatoms. The minimum absolute atomic E-state index is 0.169. The highest BCUT2D eigenvalue weighted by Crippen LogP contribution is 2.30. The van der Waals surface area contributed by atoms with Gasteiger partial charge in [-0.05, 0) is 55.2 Å². The Morgan fingerprint density at radius 1 is 1.12 bits per heavy atom. The number of hydrogen-bond acceptors (Lipinski definition) is 2. The molecule has 0 aliphatic carbocycles. The predicted octanol–water partition coefficient (Wildman–Crippen LogP) is 4.19. The van der Waals surface area contributed by atoms with Crippen molar-refractivity contribution in [3.8, 4) is 5.69 Å². The standard InChI is InChI=1S/C20H20FN3/c1-13-7-8-16(11-14(13)2)24-20-17(9-10-22-20)19(23-24)12-15-5-3-4-6-18(15)21/h3-8,11,22H,9-10,12H2,1-2H3. The molecule has 2 aromatic carbocycles. The summed E-state index contributed by atoms with van der Waals surface area (Å²) in [6, 6.07) is 13.3. The molecule has 122 valence electrons. The lowest BCUT2D eigenvalue weighted by atomic mass is 10.1. The molecule has 1 N–H and O–H groups in total. The SMILES string of the molecule is Cc1ccc(-n2nc(Cc3ccccc3F)c3c2NCC3)cc1C. The monoisotopic (exact) mass is 321 g/mol. The fourth-order valence-corrected chi connectivity index (χ4v) is 3.25. The molecule has 3 aromatic rings. The first-order valence-corrected chi connectivity index (χ1v) is 8.29. The number of aryl methyl sites for hydroxylation is 2. The minimum atomic E-state index is -0.169. The summed E-state index contributed by atoms with van der Waals surface area (Å²) in [6.45, 7) is 5.12. The van der Waals surface area contributed by atoms with Crippen LogP contribution in [0.15, 0.2) is 42.5 Å². The molecule has 2 heterocycles. The second kappa shape index (κ2) is 5.78. The van der Waals surface area contributed by atoms with Gasteiger partial charge in [0.05, 0.1) is 11.4 Å². The van der Waals surface area contributed by atoms with Crippen LogP contribution in [0.4, 0.5) is 10.2 Å². The van der Waals surface area contributed by atoms with E-state index in [9.17, 15) is 4.39 Å². The second-order valence-corrected chi connectivity index (χ2v) is 6.40. The molecule has 0 atom stereocenters. The lowest BCUT2D eigenvalue weighted by Gasteiger charge is -2.09. The maximum Gasteiger partial charge on any atom is 0.133 e. The summed E-state index contributed by atoms with van der Waals surface area (Å²) in [5.74, 6) is 0.877. The van der Waals surface area contributed by atoms with Gasteiger partial charge in [-0.2, -0.15) is 5.10 Å². The molecule has 1 aromatic heterocycles. The van der Waals surface area contributed by atoms with Crippen LogP contribution in [0.3, 0.4) is 0 Å². The Morgan fingerprint density at radius 3 is 2.75 bits per heavy atom. The van der Waals surface area contributed by atoms with E-state index in [2.05, 4.69) is 37.4 Å². The maximum atomic E-state index is 14.0. The highest BCUT2D eigenvalue weighted by atomic mass is 19.1. The summed E-state index contributed by atoms with van der Waals surface area (Å²) in [7, 11) is 0. The lowest BCUT2D eigenvalue weighted by Crippen LogP contribution is -2.06.